The Bertz CT molecular complexity index is 1420. The van der Waals surface area contributed by atoms with E-state index in [9.17, 15) is 4.79 Å². The second-order valence-corrected chi connectivity index (χ2v) is 12.5. The second-order valence-electron chi connectivity index (χ2n) is 12.5. The fourth-order valence-electron chi connectivity index (χ4n) is 6.26. The maximum absolute atomic E-state index is 13.3. The lowest BCUT2D eigenvalue weighted by Gasteiger charge is -2.41. The summed E-state index contributed by atoms with van der Waals surface area (Å²) in [4.78, 5) is 38.4. The predicted molar refractivity (Wildman–Crippen MR) is 179 cm³/mol. The Hall–Kier alpha value is -3.68. The maximum atomic E-state index is 13.3. The molecular formula is C34H47N9O3. The van der Waals surface area contributed by atoms with Crippen molar-refractivity contribution in [2.45, 2.75) is 19.0 Å². The van der Waals surface area contributed by atoms with Crippen molar-refractivity contribution in [1.29, 1.82) is 0 Å². The Balaban J connectivity index is 1.19. The maximum Gasteiger partial charge on any atom is 0.236 e. The van der Waals surface area contributed by atoms with Crippen LogP contribution in [-0.4, -0.2) is 146 Å². The fourth-order valence-corrected chi connectivity index (χ4v) is 6.26. The van der Waals surface area contributed by atoms with Gasteiger partial charge < -0.3 is 24.6 Å². The lowest BCUT2D eigenvalue weighted by molar-refractivity contribution is -0.132. The zero-order valence-corrected chi connectivity index (χ0v) is 27.2. The lowest BCUT2D eigenvalue weighted by atomic mass is 10.1. The third-order valence-corrected chi connectivity index (χ3v) is 9.09. The summed E-state index contributed by atoms with van der Waals surface area (Å²) in [5.41, 5.74) is 3.87. The average Bonchev–Trinajstić information content (AvgIpc) is 3.08. The number of nitrogens with zero attached hydrogens (tertiary/aromatic N) is 8. The van der Waals surface area contributed by atoms with Gasteiger partial charge in [-0.1, -0.05) is 12.1 Å². The molecule has 0 aliphatic carbocycles. The number of nitrogens with one attached hydrogen (secondary N) is 1. The van der Waals surface area contributed by atoms with Crippen LogP contribution >= 0.6 is 0 Å². The number of aromatic nitrogens is 3. The average molecular weight is 630 g/mol. The van der Waals surface area contributed by atoms with Gasteiger partial charge in [0, 0.05) is 103 Å². The van der Waals surface area contributed by atoms with E-state index in [-0.39, 0.29) is 11.9 Å². The first kappa shape index (κ1) is 32.3. The van der Waals surface area contributed by atoms with Gasteiger partial charge in [-0.05, 0) is 42.3 Å². The smallest absolute Gasteiger partial charge is 0.236 e. The highest BCUT2D eigenvalue weighted by Crippen LogP contribution is 2.23. The molecule has 2 saturated heterocycles. The van der Waals surface area contributed by atoms with Crippen molar-refractivity contribution in [3.05, 3.63) is 60.4 Å². The van der Waals surface area contributed by atoms with E-state index in [1.807, 2.05) is 49.5 Å². The first-order valence-electron chi connectivity index (χ1n) is 16.4. The molecule has 8 bridgehead atoms. The zero-order valence-electron chi connectivity index (χ0n) is 27.2. The Morgan fingerprint density at radius 3 is 2.67 bits per heavy atom. The van der Waals surface area contributed by atoms with Crippen molar-refractivity contribution in [1.82, 2.24) is 34.6 Å². The van der Waals surface area contributed by atoms with Crippen LogP contribution in [0.3, 0.4) is 0 Å². The van der Waals surface area contributed by atoms with Gasteiger partial charge in [0.05, 0.1) is 38.7 Å². The van der Waals surface area contributed by atoms with Crippen molar-refractivity contribution >= 4 is 23.4 Å². The molecule has 12 heteroatoms. The number of rotatable bonds is 5. The fraction of sp³-hybridized carbons (Fsp3) is 0.529. The Kier molecular flexibility index (Phi) is 11.0. The first-order valence-corrected chi connectivity index (χ1v) is 16.4. The van der Waals surface area contributed by atoms with Crippen molar-refractivity contribution in [3.63, 3.8) is 0 Å². The summed E-state index contributed by atoms with van der Waals surface area (Å²) in [5.74, 6) is 1.59. The minimum absolute atomic E-state index is 0.158. The highest BCUT2D eigenvalue weighted by molar-refractivity contribution is 5.78. The van der Waals surface area contributed by atoms with Crippen LogP contribution in [0.25, 0.3) is 11.3 Å². The van der Waals surface area contributed by atoms with Crippen LogP contribution in [-0.2, 0) is 20.8 Å². The number of carbonyl (C=O) groups is 1. The van der Waals surface area contributed by atoms with Crippen LogP contribution in [0.2, 0.25) is 0 Å². The molecule has 3 aromatic rings. The van der Waals surface area contributed by atoms with Crippen LogP contribution in [0.1, 0.15) is 12.0 Å². The standard InChI is InChI=1S/C34H47N9O3/c1-39-11-4-12-40(2)33(44)25-42-13-14-43(30(24-42)26-46-20-17-41-15-18-45-19-16-41)23-27-5-3-6-29(21-27)37-34-35-10-9-31(38-34)28-7-8-32(39)36-22-28/h3,5-10,21-22,30H,4,11-20,23-26H2,1-2H3,(H,35,37,38). The molecule has 46 heavy (non-hydrogen) atoms. The van der Waals surface area contributed by atoms with E-state index in [1.54, 1.807) is 6.20 Å². The monoisotopic (exact) mass is 629 g/mol. The second kappa shape index (κ2) is 15.7. The quantitative estimate of drug-likeness (QED) is 0.421. The first-order chi connectivity index (χ1) is 22.5. The van der Waals surface area contributed by atoms with Gasteiger partial charge in [0.15, 0.2) is 0 Å². The molecule has 0 saturated carbocycles. The summed E-state index contributed by atoms with van der Waals surface area (Å²) in [6, 6.07) is 14.6. The van der Waals surface area contributed by atoms with Crippen LogP contribution in [0.15, 0.2) is 54.9 Å². The molecule has 9 rings (SSSR count). The van der Waals surface area contributed by atoms with Gasteiger partial charge in [-0.2, -0.15) is 0 Å². The number of piperazine rings is 1. The summed E-state index contributed by atoms with van der Waals surface area (Å²) in [6.07, 6.45) is 4.48. The van der Waals surface area contributed by atoms with Gasteiger partial charge in [-0.3, -0.25) is 19.5 Å². The van der Waals surface area contributed by atoms with Crippen LogP contribution < -0.4 is 10.2 Å². The van der Waals surface area contributed by atoms with Gasteiger partial charge in [0.1, 0.15) is 5.82 Å². The number of likely N-dealkylation sites (N-methyl/N-ethyl adjacent to an activating group) is 1. The summed E-state index contributed by atoms with van der Waals surface area (Å²) in [5, 5.41) is 3.40. The summed E-state index contributed by atoms with van der Waals surface area (Å²) in [7, 11) is 3.95. The number of morpholine rings is 1. The number of pyridine rings is 1. The van der Waals surface area contributed by atoms with Gasteiger partial charge in [0.2, 0.25) is 11.9 Å². The molecule has 0 radical (unpaired) electrons. The molecule has 1 aromatic carbocycles. The minimum atomic E-state index is 0.158. The predicted octanol–water partition coefficient (Wildman–Crippen LogP) is 2.42. The molecule has 6 aliphatic heterocycles. The minimum Gasteiger partial charge on any atom is -0.379 e. The largest absolute Gasteiger partial charge is 0.379 e. The molecule has 2 aromatic heterocycles. The van der Waals surface area contributed by atoms with Crippen molar-refractivity contribution in [3.8, 4) is 11.3 Å². The zero-order chi connectivity index (χ0) is 31.7. The molecule has 12 nitrogen and oxygen atoms in total. The molecule has 1 amide bonds. The summed E-state index contributed by atoms with van der Waals surface area (Å²) in [6.45, 7) is 10.9. The van der Waals surface area contributed by atoms with E-state index in [2.05, 4.69) is 48.1 Å². The van der Waals surface area contributed by atoms with Crippen molar-refractivity contribution in [2.75, 3.05) is 110 Å². The highest BCUT2D eigenvalue weighted by atomic mass is 16.5. The number of amides is 1. The molecule has 3 unspecified atom stereocenters. The normalized spacial score (nSPS) is 23.3. The van der Waals surface area contributed by atoms with Gasteiger partial charge >= 0.3 is 0 Å². The van der Waals surface area contributed by atoms with Crippen molar-refractivity contribution in [2.24, 2.45) is 0 Å². The molecule has 8 heterocycles. The van der Waals surface area contributed by atoms with Crippen LogP contribution in [0.5, 0.6) is 0 Å². The SMILES string of the molecule is CN1CCCN(C)c2ccc(cn2)-c2ccnc(n2)Nc2cccc(c2)CN2CCN(CC1=O)CC2COCCN1CCOCC1. The van der Waals surface area contributed by atoms with E-state index in [1.165, 1.54) is 5.56 Å². The summed E-state index contributed by atoms with van der Waals surface area (Å²) < 4.78 is 11.8. The third kappa shape index (κ3) is 8.77. The Labute approximate surface area is 272 Å². The number of anilines is 3. The van der Waals surface area contributed by atoms with Gasteiger partial charge in [0.25, 0.3) is 0 Å². The number of hydrogen-bond acceptors (Lipinski definition) is 11. The van der Waals surface area contributed by atoms with E-state index in [4.69, 9.17) is 19.4 Å². The molecule has 3 atom stereocenters. The molecule has 1 N–H and O–H groups in total. The Morgan fingerprint density at radius 2 is 1.83 bits per heavy atom. The third-order valence-electron chi connectivity index (χ3n) is 9.09. The van der Waals surface area contributed by atoms with E-state index >= 15 is 0 Å². The topological polar surface area (TPSA) is 102 Å². The van der Waals surface area contributed by atoms with E-state index in [0.717, 1.165) is 94.8 Å². The molecular weight excluding hydrogens is 582 g/mol. The van der Waals surface area contributed by atoms with E-state index in [0.29, 0.717) is 32.3 Å². The van der Waals surface area contributed by atoms with Gasteiger partial charge in [-0.25, -0.2) is 15.0 Å². The number of hydrogen-bond donors (Lipinski definition) is 1. The number of benzene rings is 1. The van der Waals surface area contributed by atoms with Crippen LogP contribution in [0.4, 0.5) is 17.5 Å². The molecule has 246 valence electrons. The number of carbonyl (C=O) groups excluding carboxylic acids is 1. The van der Waals surface area contributed by atoms with Crippen molar-refractivity contribution < 1.29 is 14.3 Å². The lowest BCUT2D eigenvalue weighted by Crippen LogP contribution is -2.56. The van der Waals surface area contributed by atoms with Gasteiger partial charge in [-0.15, -0.1) is 0 Å². The van der Waals surface area contributed by atoms with E-state index < -0.39 is 0 Å². The highest BCUT2D eigenvalue weighted by Gasteiger charge is 2.29. The molecule has 2 fully saturated rings. The van der Waals surface area contributed by atoms with Crippen LogP contribution in [0, 0.1) is 0 Å². The summed E-state index contributed by atoms with van der Waals surface area (Å²) >= 11 is 0. The number of ether oxygens (including phenoxy) is 2. The Morgan fingerprint density at radius 1 is 0.957 bits per heavy atom. The molecule has 6 aliphatic rings. The molecule has 0 spiro atoms.